The number of rotatable bonds is 22. The standard InChI is InChI=1S/C46H57N13O7/c1-25-31(28-12-4-7-15-34(28)51-25)22-38(54-41(60)19-10-20-47)43(62)56-40(24-33-27(3)53-36-17-9-6-14-30(33)36)45(64)57-39(23-32-26(2)52-35-16-8-5-13-29(32)35)44(63)55-37(42(48)61)18-11-21-50-46(49)58-59(65)66/h4-9,12-17,37-40,51-53H,10-11,18-24,47H2,1-3H3,(H2,48,61)(H,54,60)(H,55,63)(H,56,62)(H,57,64)(H3,49,50,58)/t37-,38+,39+,40+/m0/s1. The number of hydrogen-bond acceptors (Lipinski definition) is 9. The maximum atomic E-state index is 14.9. The van der Waals surface area contributed by atoms with Gasteiger partial charge in [-0.05, 0) is 81.5 Å². The number of aromatic amines is 3. The van der Waals surface area contributed by atoms with Gasteiger partial charge in [0, 0.05) is 82.0 Å². The van der Waals surface area contributed by atoms with Gasteiger partial charge in [-0.15, -0.1) is 0 Å². The van der Waals surface area contributed by atoms with Crippen LogP contribution >= 0.6 is 0 Å². The van der Waals surface area contributed by atoms with Crippen molar-refractivity contribution in [2.24, 2.45) is 22.2 Å². The minimum Gasteiger partial charge on any atom is -0.368 e. The highest BCUT2D eigenvalue weighted by atomic mass is 16.7. The number of aliphatic imine (C=N–C) groups is 1. The third-order valence-corrected chi connectivity index (χ3v) is 11.6. The Bertz CT molecular complexity index is 2770. The first-order chi connectivity index (χ1) is 31.6. The van der Waals surface area contributed by atoms with E-state index in [-0.39, 0.29) is 57.5 Å². The number of fused-ring (bicyclic) bond motifs is 3. The number of guanidine groups is 1. The van der Waals surface area contributed by atoms with Gasteiger partial charge in [0.2, 0.25) is 29.5 Å². The zero-order valence-electron chi connectivity index (χ0n) is 37.1. The Morgan fingerprint density at radius 3 is 1.41 bits per heavy atom. The monoisotopic (exact) mass is 903 g/mol. The van der Waals surface area contributed by atoms with Gasteiger partial charge >= 0.3 is 0 Å². The van der Waals surface area contributed by atoms with Crippen molar-refractivity contribution >= 4 is 68.2 Å². The van der Waals surface area contributed by atoms with Gasteiger partial charge < -0.3 is 53.4 Å². The van der Waals surface area contributed by atoms with Crippen LogP contribution < -0.4 is 43.9 Å². The number of nitrogens with zero attached hydrogens (tertiary/aromatic N) is 2. The van der Waals surface area contributed by atoms with Crippen LogP contribution in [-0.4, -0.2) is 92.7 Å². The van der Waals surface area contributed by atoms with Crippen LogP contribution in [0.4, 0.5) is 0 Å². The second-order valence-corrected chi connectivity index (χ2v) is 16.3. The third kappa shape index (κ3) is 11.9. The predicted octanol–water partition coefficient (Wildman–Crippen LogP) is 2.12. The first kappa shape index (κ1) is 47.7. The van der Waals surface area contributed by atoms with E-state index in [1.54, 1.807) is 5.43 Å². The van der Waals surface area contributed by atoms with E-state index in [1.165, 1.54) is 0 Å². The van der Waals surface area contributed by atoms with E-state index in [9.17, 15) is 34.1 Å². The molecule has 0 bridgehead atoms. The topological polar surface area (TPSA) is 326 Å². The largest absolute Gasteiger partial charge is 0.368 e. The number of carbonyl (C=O) groups is 5. The summed E-state index contributed by atoms with van der Waals surface area (Å²) in [5.74, 6) is -3.75. The molecule has 6 rings (SSSR count). The average Bonchev–Trinajstić information content (AvgIpc) is 3.90. The minimum atomic E-state index is -1.31. The lowest BCUT2D eigenvalue weighted by molar-refractivity contribution is -0.525. The predicted molar refractivity (Wildman–Crippen MR) is 251 cm³/mol. The number of aryl methyl sites for hydroxylation is 3. The smallest absolute Gasteiger partial charge is 0.251 e. The van der Waals surface area contributed by atoms with Gasteiger partial charge in [-0.25, -0.2) is 15.1 Å². The van der Waals surface area contributed by atoms with Crippen LogP contribution in [0.2, 0.25) is 0 Å². The molecule has 0 aliphatic rings. The van der Waals surface area contributed by atoms with Crippen LogP contribution in [0.25, 0.3) is 32.7 Å². The van der Waals surface area contributed by atoms with E-state index in [1.807, 2.05) is 93.6 Å². The summed E-state index contributed by atoms with van der Waals surface area (Å²) in [6, 6.07) is 17.7. The van der Waals surface area contributed by atoms with Gasteiger partial charge in [0.1, 0.15) is 24.2 Å². The lowest BCUT2D eigenvalue weighted by Gasteiger charge is -2.27. The van der Waals surface area contributed by atoms with Crippen molar-refractivity contribution in [2.75, 3.05) is 13.1 Å². The summed E-state index contributed by atoms with van der Waals surface area (Å²) in [7, 11) is 0. The number of amides is 5. The van der Waals surface area contributed by atoms with Crippen molar-refractivity contribution in [2.45, 2.75) is 89.9 Å². The lowest BCUT2D eigenvalue weighted by Crippen LogP contribution is -2.59. The molecular weight excluding hydrogens is 847 g/mol. The molecule has 14 N–H and O–H groups in total. The van der Waals surface area contributed by atoms with Crippen molar-refractivity contribution in [1.82, 2.24) is 41.6 Å². The molecule has 20 nitrogen and oxygen atoms in total. The Hall–Kier alpha value is -7.74. The fourth-order valence-electron chi connectivity index (χ4n) is 8.29. The number of nitrogens with two attached hydrogens (primary N) is 3. The van der Waals surface area contributed by atoms with Crippen molar-refractivity contribution in [3.63, 3.8) is 0 Å². The third-order valence-electron chi connectivity index (χ3n) is 11.6. The van der Waals surface area contributed by atoms with E-state index < -0.39 is 58.8 Å². The molecule has 0 radical (unpaired) electrons. The number of hydrogen-bond donors (Lipinski definition) is 11. The second kappa shape index (κ2) is 21.8. The zero-order valence-corrected chi connectivity index (χ0v) is 37.1. The Labute approximate surface area is 379 Å². The number of benzene rings is 3. The van der Waals surface area contributed by atoms with Gasteiger partial charge in [-0.3, -0.25) is 24.0 Å². The molecule has 348 valence electrons. The van der Waals surface area contributed by atoms with Crippen LogP contribution in [0, 0.1) is 30.9 Å². The van der Waals surface area contributed by atoms with Crippen molar-refractivity contribution < 1.29 is 29.0 Å². The second-order valence-electron chi connectivity index (χ2n) is 16.3. The molecule has 0 fully saturated rings. The number of H-pyrrole nitrogens is 3. The Kier molecular flexibility index (Phi) is 15.7. The quantitative estimate of drug-likeness (QED) is 0.0155. The van der Waals surface area contributed by atoms with Crippen molar-refractivity contribution in [3.8, 4) is 0 Å². The Morgan fingerprint density at radius 2 is 1.02 bits per heavy atom. The molecule has 3 aromatic heterocycles. The van der Waals surface area contributed by atoms with Gasteiger partial charge in [0.25, 0.3) is 5.96 Å². The molecule has 0 aliphatic heterocycles. The van der Waals surface area contributed by atoms with E-state index in [0.29, 0.717) is 6.42 Å². The lowest BCUT2D eigenvalue weighted by atomic mass is 9.98. The molecule has 0 spiro atoms. The van der Waals surface area contributed by atoms with E-state index in [2.05, 4.69) is 41.2 Å². The number of aromatic nitrogens is 3. The summed E-state index contributed by atoms with van der Waals surface area (Å²) in [6.45, 7) is 5.85. The molecule has 3 aromatic carbocycles. The summed E-state index contributed by atoms with van der Waals surface area (Å²) < 4.78 is 0. The molecule has 66 heavy (non-hydrogen) atoms. The summed E-state index contributed by atoms with van der Waals surface area (Å²) in [6.07, 6.45) is 0.702. The highest BCUT2D eigenvalue weighted by Crippen LogP contribution is 2.27. The fourth-order valence-corrected chi connectivity index (χ4v) is 8.29. The summed E-state index contributed by atoms with van der Waals surface area (Å²) in [5, 5.41) is 23.8. The molecule has 3 heterocycles. The number of para-hydroxylation sites is 3. The number of nitro groups is 1. The molecule has 6 aromatic rings. The average molecular weight is 904 g/mol. The number of carbonyl (C=O) groups excluding carboxylic acids is 5. The summed E-state index contributed by atoms with van der Waals surface area (Å²) >= 11 is 0. The molecule has 0 aliphatic carbocycles. The number of hydrazine groups is 1. The Morgan fingerprint density at radius 1 is 0.621 bits per heavy atom. The van der Waals surface area contributed by atoms with Gasteiger partial charge in [0.15, 0.2) is 5.03 Å². The highest BCUT2D eigenvalue weighted by molar-refractivity contribution is 5.97. The van der Waals surface area contributed by atoms with Crippen molar-refractivity contribution in [1.29, 1.82) is 0 Å². The van der Waals surface area contributed by atoms with Crippen LogP contribution in [0.3, 0.4) is 0 Å². The SMILES string of the molecule is Cc1[nH]c2ccccc2c1C[C@@H](NC(=O)CCCN)C(=O)N[C@H](Cc1c(C)[nH]c2ccccc12)C(=O)N[C@H](Cc1c(C)[nH]c2ccccc12)C(=O)N[C@@H](CCCN=C(N)N[N+](=O)[O-])C(N)=O. The molecular formula is C46H57N13O7. The molecule has 0 unspecified atom stereocenters. The Balaban J connectivity index is 1.34. The highest BCUT2D eigenvalue weighted by Gasteiger charge is 2.33. The molecule has 0 saturated heterocycles. The molecule has 4 atom stereocenters. The van der Waals surface area contributed by atoms with Gasteiger partial charge in [0.05, 0.1) is 0 Å². The van der Waals surface area contributed by atoms with E-state index >= 15 is 0 Å². The van der Waals surface area contributed by atoms with Crippen LogP contribution in [0.15, 0.2) is 77.8 Å². The van der Waals surface area contributed by atoms with Crippen LogP contribution in [0.1, 0.15) is 59.5 Å². The fraction of sp³-hybridized carbons (Fsp3) is 0.348. The maximum Gasteiger partial charge on any atom is 0.251 e. The van der Waals surface area contributed by atoms with Gasteiger partial charge in [-0.1, -0.05) is 60.0 Å². The summed E-state index contributed by atoms with van der Waals surface area (Å²) in [4.78, 5) is 94.7. The molecule has 20 heteroatoms. The zero-order chi connectivity index (χ0) is 47.5. The van der Waals surface area contributed by atoms with Gasteiger partial charge in [-0.2, -0.15) is 0 Å². The molecule has 5 amide bonds. The van der Waals surface area contributed by atoms with E-state index in [0.717, 1.165) is 66.5 Å². The summed E-state index contributed by atoms with van der Waals surface area (Å²) in [5.41, 5.74) is 25.8. The first-order valence-electron chi connectivity index (χ1n) is 21.7. The molecule has 0 saturated carbocycles. The number of nitrogens with one attached hydrogen (secondary N) is 8. The van der Waals surface area contributed by atoms with Crippen LogP contribution in [-0.2, 0) is 43.2 Å². The maximum absolute atomic E-state index is 14.9. The first-order valence-corrected chi connectivity index (χ1v) is 21.7. The van der Waals surface area contributed by atoms with Crippen LogP contribution in [0.5, 0.6) is 0 Å². The minimum absolute atomic E-state index is 0.00405. The normalized spacial score (nSPS) is 13.5. The number of primary amides is 1. The van der Waals surface area contributed by atoms with Crippen molar-refractivity contribution in [3.05, 3.63) is 117 Å². The van der Waals surface area contributed by atoms with E-state index in [4.69, 9.17) is 17.2 Å².